The fraction of sp³-hybridized carbons (Fsp3) is 0.923. The van der Waals surface area contributed by atoms with Crippen LogP contribution in [0.4, 0.5) is 0 Å². The molecule has 2 N–H and O–H groups in total. The normalized spacial score (nSPS) is 25.1. The van der Waals surface area contributed by atoms with Crippen LogP contribution >= 0.6 is 0 Å². The number of nitrogens with zero attached hydrogens (tertiary/aromatic N) is 1. The number of nitrogens with one attached hydrogen (secondary N) is 2. The van der Waals surface area contributed by atoms with E-state index in [1.165, 1.54) is 12.7 Å². The maximum atomic E-state index is 12.1. The van der Waals surface area contributed by atoms with Gasteiger partial charge in [-0.3, -0.25) is 4.79 Å². The largest absolute Gasteiger partial charge is 0.343 e. The first-order valence-corrected chi connectivity index (χ1v) is 9.29. The third-order valence-electron chi connectivity index (χ3n) is 4.16. The fourth-order valence-corrected chi connectivity index (χ4v) is 3.84. The second-order valence-corrected chi connectivity index (χ2v) is 7.72. The molecule has 1 unspecified atom stereocenters. The SMILES string of the molecule is CS(=O)(=O)NC1CCN(C(=O)CCC2CCNC2)CC1. The molecule has 2 aliphatic rings. The predicted octanol–water partition coefficient (Wildman–Crippen LogP) is -0.0837. The summed E-state index contributed by atoms with van der Waals surface area (Å²) in [6.45, 7) is 3.43. The van der Waals surface area contributed by atoms with Crippen LogP contribution < -0.4 is 10.0 Å². The Labute approximate surface area is 121 Å². The van der Waals surface area contributed by atoms with Crippen molar-refractivity contribution >= 4 is 15.9 Å². The Morgan fingerprint density at radius 3 is 2.55 bits per heavy atom. The van der Waals surface area contributed by atoms with E-state index < -0.39 is 10.0 Å². The minimum absolute atomic E-state index is 0.0203. The molecule has 20 heavy (non-hydrogen) atoms. The Hall–Kier alpha value is -0.660. The standard InChI is InChI=1S/C13H25N3O3S/c1-20(18,19)15-12-5-8-16(9-6-12)13(17)3-2-11-4-7-14-10-11/h11-12,14-15H,2-10H2,1H3. The zero-order chi connectivity index (χ0) is 14.6. The van der Waals surface area contributed by atoms with Crippen molar-refractivity contribution in [3.05, 3.63) is 0 Å². The van der Waals surface area contributed by atoms with Gasteiger partial charge in [-0.05, 0) is 44.7 Å². The molecule has 1 atom stereocenters. The summed E-state index contributed by atoms with van der Waals surface area (Å²) in [5, 5.41) is 3.31. The number of rotatable bonds is 5. The highest BCUT2D eigenvalue weighted by molar-refractivity contribution is 7.88. The summed E-state index contributed by atoms with van der Waals surface area (Å²) in [6, 6.07) is -0.0203. The summed E-state index contributed by atoms with van der Waals surface area (Å²) in [7, 11) is -3.14. The van der Waals surface area contributed by atoms with Crippen LogP contribution in [0, 0.1) is 5.92 Å². The van der Waals surface area contributed by atoms with E-state index in [9.17, 15) is 13.2 Å². The molecule has 0 bridgehead atoms. The van der Waals surface area contributed by atoms with E-state index in [4.69, 9.17) is 0 Å². The molecule has 0 aromatic rings. The summed E-state index contributed by atoms with van der Waals surface area (Å²) in [5.41, 5.74) is 0. The third-order valence-corrected chi connectivity index (χ3v) is 4.92. The van der Waals surface area contributed by atoms with Crippen LogP contribution in [0.15, 0.2) is 0 Å². The molecule has 2 heterocycles. The molecule has 6 nitrogen and oxygen atoms in total. The monoisotopic (exact) mass is 303 g/mol. The first-order valence-electron chi connectivity index (χ1n) is 7.40. The molecule has 0 aromatic carbocycles. The van der Waals surface area contributed by atoms with Crippen LogP contribution in [0.25, 0.3) is 0 Å². The molecule has 116 valence electrons. The summed E-state index contributed by atoms with van der Waals surface area (Å²) in [5.74, 6) is 0.859. The summed E-state index contributed by atoms with van der Waals surface area (Å²) < 4.78 is 25.0. The number of likely N-dealkylation sites (tertiary alicyclic amines) is 1. The van der Waals surface area contributed by atoms with E-state index >= 15 is 0 Å². The molecule has 2 rings (SSSR count). The molecule has 7 heteroatoms. The molecule has 0 radical (unpaired) electrons. The highest BCUT2D eigenvalue weighted by atomic mass is 32.2. The lowest BCUT2D eigenvalue weighted by Gasteiger charge is -2.32. The predicted molar refractivity (Wildman–Crippen MR) is 77.8 cm³/mol. The number of hydrogen-bond donors (Lipinski definition) is 2. The van der Waals surface area contributed by atoms with Gasteiger partial charge in [0.2, 0.25) is 15.9 Å². The lowest BCUT2D eigenvalue weighted by molar-refractivity contribution is -0.132. The quantitative estimate of drug-likeness (QED) is 0.744. The van der Waals surface area contributed by atoms with E-state index in [2.05, 4.69) is 10.0 Å². The Balaban J connectivity index is 1.68. The Morgan fingerprint density at radius 1 is 1.30 bits per heavy atom. The molecule has 0 aromatic heterocycles. The average Bonchev–Trinajstić information content (AvgIpc) is 2.88. The van der Waals surface area contributed by atoms with Crippen molar-refractivity contribution in [2.75, 3.05) is 32.4 Å². The van der Waals surface area contributed by atoms with Gasteiger partial charge in [0.1, 0.15) is 0 Å². The molecule has 1 amide bonds. The molecular formula is C13H25N3O3S. The maximum Gasteiger partial charge on any atom is 0.222 e. The molecule has 0 aliphatic carbocycles. The first kappa shape index (κ1) is 15.7. The molecule has 0 spiro atoms. The van der Waals surface area contributed by atoms with Gasteiger partial charge in [-0.25, -0.2) is 13.1 Å². The van der Waals surface area contributed by atoms with E-state index in [1.807, 2.05) is 4.90 Å². The van der Waals surface area contributed by atoms with Gasteiger partial charge in [0.15, 0.2) is 0 Å². The Morgan fingerprint density at radius 2 is 2.00 bits per heavy atom. The second kappa shape index (κ2) is 6.87. The van der Waals surface area contributed by atoms with Crippen LogP contribution in [0.2, 0.25) is 0 Å². The van der Waals surface area contributed by atoms with Crippen LogP contribution in [-0.2, 0) is 14.8 Å². The average molecular weight is 303 g/mol. The van der Waals surface area contributed by atoms with Gasteiger partial charge in [0.05, 0.1) is 6.26 Å². The van der Waals surface area contributed by atoms with Crippen molar-refractivity contribution in [2.24, 2.45) is 5.92 Å². The van der Waals surface area contributed by atoms with E-state index in [1.54, 1.807) is 0 Å². The van der Waals surface area contributed by atoms with Crippen molar-refractivity contribution in [1.82, 2.24) is 14.9 Å². The van der Waals surface area contributed by atoms with Crippen LogP contribution in [-0.4, -0.2) is 57.7 Å². The van der Waals surface area contributed by atoms with Gasteiger partial charge >= 0.3 is 0 Å². The zero-order valence-electron chi connectivity index (χ0n) is 12.1. The minimum Gasteiger partial charge on any atom is -0.343 e. The molecule has 2 fully saturated rings. The number of carbonyl (C=O) groups is 1. The topological polar surface area (TPSA) is 78.5 Å². The number of sulfonamides is 1. The van der Waals surface area contributed by atoms with Crippen molar-refractivity contribution in [3.63, 3.8) is 0 Å². The Bertz CT molecular complexity index is 424. The molecule has 0 saturated carbocycles. The van der Waals surface area contributed by atoms with Gasteiger partial charge in [-0.2, -0.15) is 0 Å². The van der Waals surface area contributed by atoms with E-state index in [0.717, 1.165) is 19.5 Å². The van der Waals surface area contributed by atoms with Gasteiger partial charge in [-0.15, -0.1) is 0 Å². The van der Waals surface area contributed by atoms with Gasteiger partial charge in [0, 0.05) is 25.6 Å². The third kappa shape index (κ3) is 5.03. The minimum atomic E-state index is -3.14. The number of amides is 1. The Kier molecular flexibility index (Phi) is 5.40. The second-order valence-electron chi connectivity index (χ2n) is 5.94. The first-order chi connectivity index (χ1) is 9.44. The van der Waals surface area contributed by atoms with Crippen molar-refractivity contribution in [2.45, 2.75) is 38.1 Å². The highest BCUT2D eigenvalue weighted by Crippen LogP contribution is 2.17. The summed E-state index contributed by atoms with van der Waals surface area (Å²) in [4.78, 5) is 14.0. The van der Waals surface area contributed by atoms with Crippen LogP contribution in [0.3, 0.4) is 0 Å². The summed E-state index contributed by atoms with van der Waals surface area (Å²) in [6.07, 6.45) is 5.37. The van der Waals surface area contributed by atoms with E-state index in [-0.39, 0.29) is 11.9 Å². The van der Waals surface area contributed by atoms with Gasteiger partial charge < -0.3 is 10.2 Å². The van der Waals surface area contributed by atoms with Crippen molar-refractivity contribution < 1.29 is 13.2 Å². The van der Waals surface area contributed by atoms with E-state index in [0.29, 0.717) is 38.3 Å². The molecule has 2 saturated heterocycles. The van der Waals surface area contributed by atoms with Crippen LogP contribution in [0.1, 0.15) is 32.1 Å². The lowest BCUT2D eigenvalue weighted by Crippen LogP contribution is -2.46. The van der Waals surface area contributed by atoms with Crippen LogP contribution in [0.5, 0.6) is 0 Å². The van der Waals surface area contributed by atoms with Gasteiger partial charge in [-0.1, -0.05) is 0 Å². The fourth-order valence-electron chi connectivity index (χ4n) is 3.00. The zero-order valence-corrected chi connectivity index (χ0v) is 12.9. The van der Waals surface area contributed by atoms with Crippen molar-refractivity contribution in [1.29, 1.82) is 0 Å². The van der Waals surface area contributed by atoms with Gasteiger partial charge in [0.25, 0.3) is 0 Å². The smallest absolute Gasteiger partial charge is 0.222 e. The maximum absolute atomic E-state index is 12.1. The lowest BCUT2D eigenvalue weighted by atomic mass is 10.0. The summed E-state index contributed by atoms with van der Waals surface area (Å²) >= 11 is 0. The number of carbonyl (C=O) groups excluding carboxylic acids is 1. The molecular weight excluding hydrogens is 278 g/mol. The number of piperidine rings is 1. The molecule has 2 aliphatic heterocycles. The number of hydrogen-bond acceptors (Lipinski definition) is 4. The van der Waals surface area contributed by atoms with Crippen molar-refractivity contribution in [3.8, 4) is 0 Å². The highest BCUT2D eigenvalue weighted by Gasteiger charge is 2.25.